The summed E-state index contributed by atoms with van der Waals surface area (Å²) in [5.41, 5.74) is 3.17. The lowest BCUT2D eigenvalue weighted by atomic mass is 9.94. The Hall–Kier alpha value is -3.05. The molecule has 1 fully saturated rings. The van der Waals surface area contributed by atoms with Gasteiger partial charge < -0.3 is 10.0 Å². The number of anilines is 1. The SMILES string of the molecule is O[C@H]1CN(c2nccc3ncccc23)C[C@H]1Cc1ccnc2ccccc12. The highest BCUT2D eigenvalue weighted by Crippen LogP contribution is 2.31. The summed E-state index contributed by atoms with van der Waals surface area (Å²) in [6, 6.07) is 16.1. The maximum Gasteiger partial charge on any atom is 0.138 e. The van der Waals surface area contributed by atoms with E-state index in [0.29, 0.717) is 6.54 Å². The molecule has 0 bridgehead atoms. The molecule has 5 nitrogen and oxygen atoms in total. The molecule has 0 amide bonds. The van der Waals surface area contributed by atoms with Gasteiger partial charge in [-0.2, -0.15) is 0 Å². The molecule has 27 heavy (non-hydrogen) atoms. The maximum atomic E-state index is 10.7. The second-order valence-electron chi connectivity index (χ2n) is 7.13. The minimum atomic E-state index is -0.384. The third-order valence-corrected chi connectivity index (χ3v) is 5.44. The molecule has 1 saturated heterocycles. The fourth-order valence-corrected chi connectivity index (χ4v) is 4.08. The summed E-state index contributed by atoms with van der Waals surface area (Å²) in [5, 5.41) is 12.9. The molecule has 1 aromatic carbocycles. The van der Waals surface area contributed by atoms with Gasteiger partial charge in [-0.1, -0.05) is 18.2 Å². The Bertz CT molecular complexity index is 1100. The quantitative estimate of drug-likeness (QED) is 0.611. The highest BCUT2D eigenvalue weighted by molar-refractivity contribution is 5.89. The second-order valence-corrected chi connectivity index (χ2v) is 7.13. The zero-order valence-corrected chi connectivity index (χ0v) is 14.9. The van der Waals surface area contributed by atoms with Crippen LogP contribution in [0.3, 0.4) is 0 Å². The number of pyridine rings is 3. The Morgan fingerprint density at radius 2 is 1.59 bits per heavy atom. The molecule has 0 aliphatic carbocycles. The van der Waals surface area contributed by atoms with Gasteiger partial charge in [0, 0.05) is 48.4 Å². The number of nitrogens with zero attached hydrogens (tertiary/aromatic N) is 4. The van der Waals surface area contributed by atoms with Crippen LogP contribution >= 0.6 is 0 Å². The predicted molar refractivity (Wildman–Crippen MR) is 107 cm³/mol. The third kappa shape index (κ3) is 2.90. The van der Waals surface area contributed by atoms with E-state index in [0.717, 1.165) is 40.6 Å². The van der Waals surface area contributed by atoms with E-state index in [1.54, 1.807) is 12.4 Å². The average Bonchev–Trinajstić information content (AvgIpc) is 3.08. The zero-order chi connectivity index (χ0) is 18.2. The van der Waals surface area contributed by atoms with Crippen LogP contribution in [0.15, 0.2) is 67.1 Å². The molecule has 1 aliphatic heterocycles. The van der Waals surface area contributed by atoms with Crippen molar-refractivity contribution in [3.8, 4) is 0 Å². The van der Waals surface area contributed by atoms with E-state index in [9.17, 15) is 5.11 Å². The number of aromatic nitrogens is 3. The van der Waals surface area contributed by atoms with E-state index in [2.05, 4.69) is 32.0 Å². The van der Waals surface area contributed by atoms with Crippen molar-refractivity contribution in [2.45, 2.75) is 12.5 Å². The lowest BCUT2D eigenvalue weighted by molar-refractivity contribution is 0.148. The lowest BCUT2D eigenvalue weighted by Crippen LogP contribution is -2.22. The van der Waals surface area contributed by atoms with Crippen LogP contribution in [-0.2, 0) is 6.42 Å². The normalized spacial score (nSPS) is 19.8. The minimum absolute atomic E-state index is 0.157. The number of aliphatic hydroxyl groups excluding tert-OH is 1. The van der Waals surface area contributed by atoms with E-state index in [-0.39, 0.29) is 12.0 Å². The molecule has 3 aromatic heterocycles. The van der Waals surface area contributed by atoms with Crippen LogP contribution < -0.4 is 4.90 Å². The molecular weight excluding hydrogens is 336 g/mol. The Labute approximate surface area is 157 Å². The summed E-state index contributed by atoms with van der Waals surface area (Å²) in [7, 11) is 0. The van der Waals surface area contributed by atoms with Crippen molar-refractivity contribution in [2.75, 3.05) is 18.0 Å². The summed E-state index contributed by atoms with van der Waals surface area (Å²) >= 11 is 0. The fraction of sp³-hybridized carbons (Fsp3) is 0.227. The second kappa shape index (κ2) is 6.59. The van der Waals surface area contributed by atoms with Crippen LogP contribution in [0.2, 0.25) is 0 Å². The van der Waals surface area contributed by atoms with Gasteiger partial charge in [-0.3, -0.25) is 9.97 Å². The van der Waals surface area contributed by atoms with E-state index in [1.807, 2.05) is 42.6 Å². The summed E-state index contributed by atoms with van der Waals surface area (Å²) in [4.78, 5) is 15.6. The number of benzene rings is 1. The number of para-hydroxylation sites is 1. The smallest absolute Gasteiger partial charge is 0.138 e. The van der Waals surface area contributed by atoms with Gasteiger partial charge in [-0.05, 0) is 42.3 Å². The molecule has 4 heterocycles. The highest BCUT2D eigenvalue weighted by atomic mass is 16.3. The van der Waals surface area contributed by atoms with Crippen LogP contribution in [-0.4, -0.2) is 39.3 Å². The highest BCUT2D eigenvalue weighted by Gasteiger charge is 2.33. The molecule has 0 unspecified atom stereocenters. The van der Waals surface area contributed by atoms with Crippen molar-refractivity contribution < 1.29 is 5.11 Å². The van der Waals surface area contributed by atoms with Crippen LogP contribution in [0.25, 0.3) is 21.8 Å². The topological polar surface area (TPSA) is 62.1 Å². The van der Waals surface area contributed by atoms with Gasteiger partial charge in [0.15, 0.2) is 0 Å². The standard InChI is InChI=1S/C22H20N4O/c27-21-14-26(22-18-5-3-9-23-20(18)8-11-25-22)13-16(21)12-15-7-10-24-19-6-2-1-4-17(15)19/h1-11,16,21,27H,12-14H2/t16-,21+/m1/s1. The summed E-state index contributed by atoms with van der Waals surface area (Å²) in [6.07, 6.45) is 5.88. The molecule has 0 spiro atoms. The Balaban J connectivity index is 1.44. The molecule has 0 radical (unpaired) electrons. The number of rotatable bonds is 3. The first-order valence-electron chi connectivity index (χ1n) is 9.25. The van der Waals surface area contributed by atoms with Crippen LogP contribution in [0.1, 0.15) is 5.56 Å². The van der Waals surface area contributed by atoms with Gasteiger partial charge in [-0.15, -0.1) is 0 Å². The molecule has 0 saturated carbocycles. The molecule has 2 atom stereocenters. The number of hydrogen-bond acceptors (Lipinski definition) is 5. The number of β-amino-alcohol motifs (C(OH)–C–C–N with tert-alkyl or cyclic N) is 1. The van der Waals surface area contributed by atoms with E-state index in [1.165, 1.54) is 5.56 Å². The van der Waals surface area contributed by atoms with E-state index < -0.39 is 0 Å². The Morgan fingerprint density at radius 3 is 2.56 bits per heavy atom. The molecule has 1 aliphatic rings. The number of hydrogen-bond donors (Lipinski definition) is 1. The molecule has 134 valence electrons. The van der Waals surface area contributed by atoms with Gasteiger partial charge in [0.2, 0.25) is 0 Å². The molecule has 4 aromatic rings. The van der Waals surface area contributed by atoms with E-state index >= 15 is 0 Å². The van der Waals surface area contributed by atoms with Gasteiger partial charge in [0.1, 0.15) is 5.82 Å². The van der Waals surface area contributed by atoms with Crippen molar-refractivity contribution in [1.29, 1.82) is 0 Å². The summed E-state index contributed by atoms with van der Waals surface area (Å²) < 4.78 is 0. The largest absolute Gasteiger partial charge is 0.391 e. The van der Waals surface area contributed by atoms with Crippen molar-refractivity contribution in [3.63, 3.8) is 0 Å². The molecule has 5 heteroatoms. The minimum Gasteiger partial charge on any atom is -0.391 e. The van der Waals surface area contributed by atoms with Crippen LogP contribution in [0.5, 0.6) is 0 Å². The zero-order valence-electron chi connectivity index (χ0n) is 14.9. The first-order valence-corrected chi connectivity index (χ1v) is 9.25. The first kappa shape index (κ1) is 16.1. The summed E-state index contributed by atoms with van der Waals surface area (Å²) in [6.45, 7) is 1.37. The summed E-state index contributed by atoms with van der Waals surface area (Å²) in [5.74, 6) is 1.06. The Kier molecular flexibility index (Phi) is 3.94. The molecular formula is C22H20N4O. The fourth-order valence-electron chi connectivity index (χ4n) is 4.08. The Morgan fingerprint density at radius 1 is 0.815 bits per heavy atom. The monoisotopic (exact) mass is 356 g/mol. The van der Waals surface area contributed by atoms with Crippen molar-refractivity contribution in [2.24, 2.45) is 5.92 Å². The predicted octanol–water partition coefficient (Wildman–Crippen LogP) is 3.22. The van der Waals surface area contributed by atoms with Crippen molar-refractivity contribution >= 4 is 27.6 Å². The van der Waals surface area contributed by atoms with Crippen molar-refractivity contribution in [3.05, 3.63) is 72.7 Å². The van der Waals surface area contributed by atoms with Crippen LogP contribution in [0, 0.1) is 5.92 Å². The van der Waals surface area contributed by atoms with Gasteiger partial charge >= 0.3 is 0 Å². The number of aliphatic hydroxyl groups is 1. The van der Waals surface area contributed by atoms with Gasteiger partial charge in [0.05, 0.1) is 17.1 Å². The first-order chi connectivity index (χ1) is 13.3. The van der Waals surface area contributed by atoms with Gasteiger partial charge in [0.25, 0.3) is 0 Å². The van der Waals surface area contributed by atoms with Crippen molar-refractivity contribution in [1.82, 2.24) is 15.0 Å². The number of fused-ring (bicyclic) bond motifs is 2. The van der Waals surface area contributed by atoms with Crippen LogP contribution in [0.4, 0.5) is 5.82 Å². The average molecular weight is 356 g/mol. The third-order valence-electron chi connectivity index (χ3n) is 5.44. The maximum absolute atomic E-state index is 10.7. The molecule has 1 N–H and O–H groups in total. The van der Waals surface area contributed by atoms with Gasteiger partial charge in [-0.25, -0.2) is 4.98 Å². The van der Waals surface area contributed by atoms with E-state index in [4.69, 9.17) is 0 Å². The lowest BCUT2D eigenvalue weighted by Gasteiger charge is -2.19. The molecule has 5 rings (SSSR count).